The van der Waals surface area contributed by atoms with E-state index in [1.807, 2.05) is 24.3 Å². The Balaban J connectivity index is 1.66. The van der Waals surface area contributed by atoms with Crippen molar-refractivity contribution >= 4 is 6.03 Å². The highest BCUT2D eigenvalue weighted by atomic mass is 16.5. The fraction of sp³-hybridized carbons (Fsp3) is 0.588. The Labute approximate surface area is 132 Å². The smallest absolute Gasteiger partial charge is 0.315 e. The van der Waals surface area contributed by atoms with Crippen molar-refractivity contribution in [2.45, 2.75) is 38.6 Å². The fourth-order valence-electron chi connectivity index (χ4n) is 2.81. The van der Waals surface area contributed by atoms with Crippen molar-refractivity contribution in [2.75, 3.05) is 20.3 Å². The summed E-state index contributed by atoms with van der Waals surface area (Å²) < 4.78 is 10.8. The highest BCUT2D eigenvalue weighted by Gasteiger charge is 2.22. The van der Waals surface area contributed by atoms with Gasteiger partial charge in [-0.25, -0.2) is 4.79 Å². The highest BCUT2D eigenvalue weighted by molar-refractivity contribution is 5.74. The summed E-state index contributed by atoms with van der Waals surface area (Å²) in [5.74, 6) is 1.94. The van der Waals surface area contributed by atoms with Gasteiger partial charge in [0.25, 0.3) is 0 Å². The highest BCUT2D eigenvalue weighted by Crippen LogP contribution is 2.25. The number of benzene rings is 1. The third kappa shape index (κ3) is 4.83. The van der Waals surface area contributed by atoms with Crippen LogP contribution in [0.2, 0.25) is 0 Å². The Morgan fingerprint density at radius 1 is 1.23 bits per heavy atom. The molecule has 0 heterocycles. The predicted molar refractivity (Wildman–Crippen MR) is 86.4 cm³/mol. The number of methoxy groups -OCH3 is 1. The van der Waals surface area contributed by atoms with Crippen molar-refractivity contribution < 1.29 is 14.3 Å². The molecule has 5 heteroatoms. The molecule has 2 atom stereocenters. The SMILES string of the molecule is COc1ccccc1OCCNC(=O)N[C@@H]1CCCC[C@@H]1C. The first-order chi connectivity index (χ1) is 10.7. The molecule has 1 aliphatic rings. The first-order valence-corrected chi connectivity index (χ1v) is 8.01. The first kappa shape index (κ1) is 16.5. The molecule has 1 aromatic carbocycles. The minimum atomic E-state index is -0.109. The third-order valence-corrected chi connectivity index (χ3v) is 4.14. The largest absolute Gasteiger partial charge is 0.493 e. The number of hydrogen-bond donors (Lipinski definition) is 2. The average molecular weight is 306 g/mol. The van der Waals surface area contributed by atoms with Gasteiger partial charge in [0.05, 0.1) is 13.7 Å². The van der Waals surface area contributed by atoms with E-state index in [1.165, 1.54) is 19.3 Å². The van der Waals surface area contributed by atoms with Gasteiger partial charge in [-0.2, -0.15) is 0 Å². The van der Waals surface area contributed by atoms with Crippen molar-refractivity contribution in [1.29, 1.82) is 0 Å². The van der Waals surface area contributed by atoms with Crippen molar-refractivity contribution in [3.8, 4) is 11.5 Å². The number of carbonyl (C=O) groups is 1. The van der Waals surface area contributed by atoms with Gasteiger partial charge in [-0.1, -0.05) is 31.9 Å². The van der Waals surface area contributed by atoms with Gasteiger partial charge in [0.1, 0.15) is 6.61 Å². The Hall–Kier alpha value is -1.91. The Kier molecular flexibility index (Phi) is 6.37. The molecule has 5 nitrogen and oxygen atoms in total. The molecule has 1 fully saturated rings. The quantitative estimate of drug-likeness (QED) is 0.794. The van der Waals surface area contributed by atoms with Gasteiger partial charge in [-0.3, -0.25) is 0 Å². The summed E-state index contributed by atoms with van der Waals surface area (Å²) in [5, 5.41) is 5.90. The van der Waals surface area contributed by atoms with Gasteiger partial charge >= 0.3 is 6.03 Å². The van der Waals surface area contributed by atoms with E-state index in [0.29, 0.717) is 36.6 Å². The van der Waals surface area contributed by atoms with E-state index in [1.54, 1.807) is 7.11 Å². The fourth-order valence-corrected chi connectivity index (χ4v) is 2.81. The summed E-state index contributed by atoms with van der Waals surface area (Å²) in [5.41, 5.74) is 0. The number of amides is 2. The maximum Gasteiger partial charge on any atom is 0.315 e. The van der Waals surface area contributed by atoms with Crippen molar-refractivity contribution in [3.63, 3.8) is 0 Å². The number of urea groups is 1. The molecule has 1 aliphatic carbocycles. The second-order valence-electron chi connectivity index (χ2n) is 5.77. The van der Waals surface area contributed by atoms with Gasteiger partial charge in [0.15, 0.2) is 11.5 Å². The molecule has 2 N–H and O–H groups in total. The lowest BCUT2D eigenvalue weighted by Crippen LogP contribution is -2.46. The van der Waals surface area contributed by atoms with Crippen LogP contribution in [0.1, 0.15) is 32.6 Å². The number of rotatable bonds is 6. The van der Waals surface area contributed by atoms with Gasteiger partial charge in [0.2, 0.25) is 0 Å². The monoisotopic (exact) mass is 306 g/mol. The van der Waals surface area contributed by atoms with Crippen LogP contribution in [0.3, 0.4) is 0 Å². The van der Waals surface area contributed by atoms with Crippen LogP contribution in [-0.4, -0.2) is 32.3 Å². The standard InChI is InChI=1S/C17H26N2O3/c1-13-7-3-4-8-14(13)19-17(20)18-11-12-22-16-10-6-5-9-15(16)21-2/h5-6,9-10,13-14H,3-4,7-8,11-12H2,1-2H3,(H2,18,19,20)/t13-,14+/m0/s1. The van der Waals surface area contributed by atoms with Crippen LogP contribution in [0.5, 0.6) is 11.5 Å². The Bertz CT molecular complexity index is 479. The second-order valence-corrected chi connectivity index (χ2v) is 5.77. The lowest BCUT2D eigenvalue weighted by molar-refractivity contribution is 0.218. The number of hydrogen-bond acceptors (Lipinski definition) is 3. The van der Waals surface area contributed by atoms with Crippen LogP contribution in [0.25, 0.3) is 0 Å². The van der Waals surface area contributed by atoms with Gasteiger partial charge < -0.3 is 20.1 Å². The maximum atomic E-state index is 11.9. The molecule has 1 aromatic rings. The van der Waals surface area contributed by atoms with Crippen molar-refractivity contribution in [2.24, 2.45) is 5.92 Å². The summed E-state index contributed by atoms with van der Waals surface area (Å²) in [6.07, 6.45) is 4.74. The van der Waals surface area contributed by atoms with Crippen LogP contribution in [0.15, 0.2) is 24.3 Å². The van der Waals surface area contributed by atoms with Crippen LogP contribution in [0, 0.1) is 5.92 Å². The summed E-state index contributed by atoms with van der Waals surface area (Å²) in [4.78, 5) is 11.9. The zero-order chi connectivity index (χ0) is 15.8. The second kappa shape index (κ2) is 8.51. The molecule has 0 saturated heterocycles. The molecule has 0 unspecified atom stereocenters. The van der Waals surface area contributed by atoms with E-state index in [0.717, 1.165) is 6.42 Å². The van der Waals surface area contributed by atoms with Crippen LogP contribution < -0.4 is 20.1 Å². The molecule has 0 aromatic heterocycles. The normalized spacial score (nSPS) is 21.0. The lowest BCUT2D eigenvalue weighted by atomic mass is 9.86. The third-order valence-electron chi connectivity index (χ3n) is 4.14. The molecule has 0 bridgehead atoms. The molecule has 122 valence electrons. The van der Waals surface area contributed by atoms with Crippen LogP contribution in [-0.2, 0) is 0 Å². The molecular formula is C17H26N2O3. The number of ether oxygens (including phenoxy) is 2. The number of nitrogens with one attached hydrogen (secondary N) is 2. The van der Waals surface area contributed by atoms with Gasteiger partial charge in [-0.15, -0.1) is 0 Å². The van der Waals surface area contributed by atoms with E-state index in [4.69, 9.17) is 9.47 Å². The Morgan fingerprint density at radius 3 is 2.68 bits per heavy atom. The molecule has 2 rings (SSSR count). The number of para-hydroxylation sites is 2. The molecule has 0 spiro atoms. The van der Waals surface area contributed by atoms with Gasteiger partial charge in [0, 0.05) is 6.04 Å². The zero-order valence-electron chi connectivity index (χ0n) is 13.4. The molecule has 0 radical (unpaired) electrons. The minimum Gasteiger partial charge on any atom is -0.493 e. The Morgan fingerprint density at radius 2 is 1.95 bits per heavy atom. The lowest BCUT2D eigenvalue weighted by Gasteiger charge is -2.29. The van der Waals surface area contributed by atoms with E-state index in [-0.39, 0.29) is 6.03 Å². The molecule has 1 saturated carbocycles. The minimum absolute atomic E-state index is 0.109. The summed E-state index contributed by atoms with van der Waals surface area (Å²) in [6, 6.07) is 7.67. The van der Waals surface area contributed by atoms with Crippen molar-refractivity contribution in [1.82, 2.24) is 10.6 Å². The predicted octanol–water partition coefficient (Wildman–Crippen LogP) is 2.95. The molecule has 2 amide bonds. The first-order valence-electron chi connectivity index (χ1n) is 8.01. The van der Waals surface area contributed by atoms with E-state index >= 15 is 0 Å². The van der Waals surface area contributed by atoms with Gasteiger partial charge in [-0.05, 0) is 30.9 Å². The zero-order valence-corrected chi connectivity index (χ0v) is 13.4. The topological polar surface area (TPSA) is 59.6 Å². The average Bonchev–Trinajstić information content (AvgIpc) is 2.54. The van der Waals surface area contributed by atoms with Crippen molar-refractivity contribution in [3.05, 3.63) is 24.3 Å². The van der Waals surface area contributed by atoms with E-state index < -0.39 is 0 Å². The molecular weight excluding hydrogens is 280 g/mol. The van der Waals surface area contributed by atoms with Crippen LogP contribution in [0.4, 0.5) is 4.79 Å². The summed E-state index contributed by atoms with van der Waals surface area (Å²) in [6.45, 7) is 3.08. The van der Waals surface area contributed by atoms with E-state index in [2.05, 4.69) is 17.6 Å². The maximum absolute atomic E-state index is 11.9. The number of carbonyl (C=O) groups excluding carboxylic acids is 1. The van der Waals surface area contributed by atoms with Crippen LogP contribution >= 0.6 is 0 Å². The summed E-state index contributed by atoms with van der Waals surface area (Å²) >= 11 is 0. The molecule has 0 aliphatic heterocycles. The summed E-state index contributed by atoms with van der Waals surface area (Å²) in [7, 11) is 1.61. The van der Waals surface area contributed by atoms with E-state index in [9.17, 15) is 4.79 Å². The molecule has 22 heavy (non-hydrogen) atoms.